The first-order chi connectivity index (χ1) is 0. The van der Waals surface area contributed by atoms with Crippen molar-refractivity contribution in [2.75, 3.05) is 0 Å². The number of rotatable bonds is 0. The van der Waals surface area contributed by atoms with Gasteiger partial charge in [-0.15, -0.1) is 0 Å². The van der Waals surface area contributed by atoms with Crippen molar-refractivity contribution in [2.24, 2.45) is 0 Å². The van der Waals surface area contributed by atoms with Gasteiger partial charge in [-0.3, -0.25) is 0 Å². The third kappa shape index (κ3) is 97.2. The molecule has 0 amide bonds. The van der Waals surface area contributed by atoms with Gasteiger partial charge in [-0.2, -0.15) is 0 Å². The van der Waals surface area contributed by atoms with E-state index in [-0.39, 0.29) is 304 Å². The molecule has 0 rings (SSSR count). The Balaban J connectivity index is 0. The summed E-state index contributed by atoms with van der Waals surface area (Å²) in [6.07, 6.45) is 0. The first-order valence-corrected chi connectivity index (χ1v) is 0. The molecule has 0 aliphatic rings. The van der Waals surface area contributed by atoms with E-state index in [1.165, 1.54) is 0 Å². The van der Waals surface area contributed by atoms with Gasteiger partial charge in [-0.1, -0.05) is 0 Å². The molecule has 150 valence electrons. The minimum absolute atomic E-state index is 0. The molecule has 0 N–H and O–H groups in total. The van der Waals surface area contributed by atoms with Crippen LogP contribution in [0.1, 0.15) is 0 Å². The molecule has 0 aromatic rings. The average molecular weight is 1440 g/mol. The van der Waals surface area contributed by atoms with Crippen molar-refractivity contribution in [1.82, 2.24) is 0 Å². The van der Waals surface area contributed by atoms with E-state index < -0.39 is 0 Å². The van der Waals surface area contributed by atoms with Gasteiger partial charge in [0.1, 0.15) is 0 Å². The average Bonchev–Trinajstić information content (AvgIpc) is 0. The molecule has 12 radical (unpaired) electrons. The van der Waals surface area contributed by atoms with E-state index in [1.54, 1.807) is 0 Å². The van der Waals surface area contributed by atoms with Gasteiger partial charge in [-0.25, -0.2) is 0 Å². The maximum absolute atomic E-state index is 0. The minimum atomic E-state index is 0. The molecule has 14 heteroatoms. The largest absolute Gasteiger partial charge is 1.00 e. The van der Waals surface area contributed by atoms with Crippen LogP contribution in [0.15, 0.2) is 0 Å². The molecule has 0 spiro atoms. The van der Waals surface area contributed by atoms with Gasteiger partial charge in [0.05, 0.1) is 0 Å². The molecular formula is HAg13S. The molecule has 0 bridgehead atoms. The van der Waals surface area contributed by atoms with Crippen LogP contribution in [-0.4, -0.2) is 0 Å². The van der Waals surface area contributed by atoms with E-state index in [1.807, 2.05) is 0 Å². The Bertz CT molecular complexity index is 5.20. The summed E-state index contributed by atoms with van der Waals surface area (Å²) in [5.41, 5.74) is 0. The zero-order chi connectivity index (χ0) is 0. The van der Waals surface area contributed by atoms with Crippen LogP contribution >= 0.6 is 0 Å². The van der Waals surface area contributed by atoms with Gasteiger partial charge in [0.25, 0.3) is 0 Å². The van der Waals surface area contributed by atoms with Gasteiger partial charge in [0, 0.05) is 269 Å². The molecule has 0 aliphatic heterocycles. The first-order valence-electron chi connectivity index (χ1n) is 0. The fourth-order valence-corrected chi connectivity index (χ4v) is 0. The van der Waals surface area contributed by atoms with Crippen LogP contribution in [0.4, 0.5) is 0 Å². The van der Waals surface area contributed by atoms with E-state index in [0.717, 1.165) is 0 Å². The van der Waals surface area contributed by atoms with Gasteiger partial charge in [-0.05, 0) is 0 Å². The van der Waals surface area contributed by atoms with Crippen molar-refractivity contribution >= 4 is 13.5 Å². The molecule has 0 aliphatic carbocycles. The van der Waals surface area contributed by atoms with Gasteiger partial charge >= 0.3 is 22.4 Å². The molecule has 0 nitrogen and oxygen atoms in total. The van der Waals surface area contributed by atoms with Crippen molar-refractivity contribution in [3.63, 3.8) is 0 Å². The summed E-state index contributed by atoms with van der Waals surface area (Å²) >= 11 is 0. The van der Waals surface area contributed by atoms with Crippen molar-refractivity contribution in [1.29, 1.82) is 0 Å². The number of hydrogen-bond donors (Lipinski definition) is 0. The zero-order valence-corrected chi connectivity index (χ0v) is 24.5. The van der Waals surface area contributed by atoms with Crippen molar-refractivity contribution in [2.45, 2.75) is 0 Å². The van der Waals surface area contributed by atoms with Crippen LogP contribution in [-0.2, 0) is 304 Å². The monoisotopic (exact) mass is 1420 g/mol. The number of hydrogen-bond acceptors (Lipinski definition) is 1. The van der Waals surface area contributed by atoms with Crippen molar-refractivity contribution < 1.29 is 291 Å². The second kappa shape index (κ2) is 112. The second-order valence-electron chi connectivity index (χ2n) is 0. The van der Waals surface area contributed by atoms with Crippen LogP contribution in [0.5, 0.6) is 0 Å². The Morgan fingerprint density at radius 2 is 0.214 bits per heavy atom. The quantitative estimate of drug-likeness (QED) is 0.183. The maximum Gasteiger partial charge on any atom is 1.00 e. The van der Waals surface area contributed by atoms with Gasteiger partial charge < -0.3 is 13.5 Å². The maximum atomic E-state index is 0. The molecule has 0 saturated carbocycles. The summed E-state index contributed by atoms with van der Waals surface area (Å²) in [4.78, 5) is 0. The Kier molecular flexibility index (Phi) is 1010. The van der Waals surface area contributed by atoms with E-state index >= 15 is 0 Å². The van der Waals surface area contributed by atoms with Crippen LogP contribution < -0.4 is 0 Å². The summed E-state index contributed by atoms with van der Waals surface area (Å²) in [6.45, 7) is 0. The van der Waals surface area contributed by atoms with Gasteiger partial charge in [0.2, 0.25) is 0 Å². The van der Waals surface area contributed by atoms with Crippen LogP contribution in [0, 0.1) is 0 Å². The molecular weight excluding hydrogens is 1430 g/mol. The summed E-state index contributed by atoms with van der Waals surface area (Å²) in [5, 5.41) is 0. The topological polar surface area (TPSA) is 0 Å². The molecule has 0 saturated heterocycles. The normalized spacial score (nSPS) is 0. The molecule has 0 aromatic heterocycles. The third-order valence-electron chi connectivity index (χ3n) is 0. The molecule has 14 heavy (non-hydrogen) atoms. The third-order valence-corrected chi connectivity index (χ3v) is 0. The molecule has 0 heterocycles. The van der Waals surface area contributed by atoms with E-state index in [2.05, 4.69) is 0 Å². The summed E-state index contributed by atoms with van der Waals surface area (Å²) in [6, 6.07) is 0. The predicted octanol–water partition coefficient (Wildman–Crippen LogP) is -0.303. The van der Waals surface area contributed by atoms with E-state index in [4.69, 9.17) is 0 Å². The summed E-state index contributed by atoms with van der Waals surface area (Å²) < 4.78 is 0. The summed E-state index contributed by atoms with van der Waals surface area (Å²) in [5.74, 6) is 0. The Hall–Kier alpha value is 9.97. The van der Waals surface area contributed by atoms with Crippen molar-refractivity contribution in [3.05, 3.63) is 0 Å². The minimum Gasteiger partial charge on any atom is -0.813 e. The molecule has 0 fully saturated rings. The van der Waals surface area contributed by atoms with E-state index in [0.29, 0.717) is 0 Å². The Morgan fingerprint density at radius 1 is 0.214 bits per heavy atom. The van der Waals surface area contributed by atoms with Crippen molar-refractivity contribution in [3.8, 4) is 0 Å². The van der Waals surface area contributed by atoms with Crippen LogP contribution in [0.25, 0.3) is 0 Å². The second-order valence-corrected chi connectivity index (χ2v) is 0. The Labute approximate surface area is 296 Å². The van der Waals surface area contributed by atoms with Crippen LogP contribution in [0.3, 0.4) is 0 Å². The summed E-state index contributed by atoms with van der Waals surface area (Å²) in [7, 11) is 0. The van der Waals surface area contributed by atoms with Crippen LogP contribution in [0.2, 0.25) is 0 Å². The molecule has 0 aromatic carbocycles. The Morgan fingerprint density at radius 3 is 0.214 bits per heavy atom. The molecule has 0 atom stereocenters. The number of thiol groups is 1. The van der Waals surface area contributed by atoms with E-state index in [9.17, 15) is 0 Å². The predicted molar refractivity (Wildman–Crippen MR) is 8.76 cm³/mol. The van der Waals surface area contributed by atoms with Gasteiger partial charge in [0.15, 0.2) is 0 Å². The fourth-order valence-electron chi connectivity index (χ4n) is 0. The molecule has 0 unspecified atom stereocenters. The fraction of sp³-hybridized carbons (Fsp3) is 0. The standard InChI is InChI=1S/13Ag.H2S/h;;;;;;;;;;;;;1H2/q;;;;;;;;;;;;+1;/p-1. The first kappa shape index (κ1) is 127. The zero-order valence-electron chi connectivity index (χ0n) is 4.37. The SMILES string of the molecule is [Ag+].[Ag].[Ag].[Ag].[Ag].[Ag].[Ag].[Ag].[Ag].[Ag].[Ag].[Ag].[Ag].[SH-]. The smallest absolute Gasteiger partial charge is 0.813 e.